The van der Waals surface area contributed by atoms with Gasteiger partial charge in [-0.1, -0.05) is 0 Å². The van der Waals surface area contributed by atoms with Crippen molar-refractivity contribution in [2.45, 2.75) is 18.2 Å². The number of aromatic nitrogens is 3. The molecule has 0 radical (unpaired) electrons. The second-order valence-corrected chi connectivity index (χ2v) is 10.4. The number of sulfonamides is 1. The zero-order valence-electron chi connectivity index (χ0n) is 19.3. The van der Waals surface area contributed by atoms with Crippen molar-refractivity contribution in [2.24, 2.45) is 7.05 Å². The molecule has 0 atom stereocenters. The minimum absolute atomic E-state index is 0.0311. The first kappa shape index (κ1) is 23.2. The van der Waals surface area contributed by atoms with E-state index in [0.717, 1.165) is 12.1 Å². The molecule has 9 nitrogen and oxygen atoms in total. The molecule has 4 aromatic rings. The van der Waals surface area contributed by atoms with E-state index in [1.165, 1.54) is 16.4 Å². The molecule has 0 aliphatic carbocycles. The van der Waals surface area contributed by atoms with E-state index in [2.05, 4.69) is 10.1 Å². The molecule has 1 aromatic carbocycles. The second-order valence-electron chi connectivity index (χ2n) is 8.44. The number of hydrogen-bond acceptors (Lipinski definition) is 6. The van der Waals surface area contributed by atoms with Crippen LogP contribution in [-0.4, -0.2) is 64.5 Å². The number of halogens is 1. The topological polar surface area (TPSA) is 102 Å². The fraction of sp³-hybridized carbons (Fsp3) is 0.292. The van der Waals surface area contributed by atoms with Gasteiger partial charge in [-0.25, -0.2) is 17.8 Å². The minimum Gasteiger partial charge on any atom is -0.463 e. The van der Waals surface area contributed by atoms with Crippen molar-refractivity contribution in [3.8, 4) is 11.5 Å². The van der Waals surface area contributed by atoms with Crippen LogP contribution in [0.2, 0.25) is 0 Å². The van der Waals surface area contributed by atoms with Crippen LogP contribution in [0.1, 0.15) is 22.5 Å². The highest BCUT2D eigenvalue weighted by Gasteiger charge is 2.30. The number of aryl methyl sites for hydroxylation is 2. The first-order valence-corrected chi connectivity index (χ1v) is 12.6. The Morgan fingerprint density at radius 2 is 1.86 bits per heavy atom. The molecular weight excluding hydrogens is 473 g/mol. The highest BCUT2D eigenvalue weighted by molar-refractivity contribution is 7.89. The molecule has 3 aromatic heterocycles. The number of carbonyl (C=O) groups excluding carboxylic acids is 1. The summed E-state index contributed by atoms with van der Waals surface area (Å²) in [5.74, 6) is -0.186. The fourth-order valence-electron chi connectivity index (χ4n) is 4.43. The van der Waals surface area contributed by atoms with E-state index in [0.29, 0.717) is 46.7 Å². The summed E-state index contributed by atoms with van der Waals surface area (Å²) in [6.07, 6.45) is 2.01. The van der Waals surface area contributed by atoms with Crippen molar-refractivity contribution in [1.82, 2.24) is 24.0 Å². The molecule has 0 N–H and O–H groups in total. The Balaban J connectivity index is 1.45. The van der Waals surface area contributed by atoms with E-state index in [1.807, 2.05) is 6.92 Å². The third-order valence-electron chi connectivity index (χ3n) is 6.17. The number of nitrogens with zero attached hydrogens (tertiary/aromatic N) is 5. The van der Waals surface area contributed by atoms with Gasteiger partial charge >= 0.3 is 0 Å². The maximum atomic E-state index is 13.7. The number of amides is 1. The molecule has 182 valence electrons. The van der Waals surface area contributed by atoms with Gasteiger partial charge in [-0.3, -0.25) is 9.48 Å². The molecule has 35 heavy (non-hydrogen) atoms. The summed E-state index contributed by atoms with van der Waals surface area (Å²) in [6.45, 7) is 2.84. The van der Waals surface area contributed by atoms with Gasteiger partial charge < -0.3 is 9.32 Å². The molecule has 1 aliphatic rings. The minimum atomic E-state index is -3.80. The third-order valence-corrected chi connectivity index (χ3v) is 8.08. The Bertz CT molecular complexity index is 1500. The maximum absolute atomic E-state index is 13.7. The van der Waals surface area contributed by atoms with E-state index in [-0.39, 0.29) is 30.4 Å². The lowest BCUT2D eigenvalue weighted by atomic mass is 10.1. The lowest BCUT2D eigenvalue weighted by Crippen LogP contribution is -2.37. The van der Waals surface area contributed by atoms with Gasteiger partial charge in [0.15, 0.2) is 11.4 Å². The summed E-state index contributed by atoms with van der Waals surface area (Å²) in [5.41, 5.74) is 2.21. The van der Waals surface area contributed by atoms with Gasteiger partial charge in [0.05, 0.1) is 27.8 Å². The van der Waals surface area contributed by atoms with Crippen LogP contribution in [0.25, 0.3) is 22.5 Å². The molecular formula is C24H24FN5O4S. The summed E-state index contributed by atoms with van der Waals surface area (Å²) >= 11 is 0. The largest absolute Gasteiger partial charge is 0.463 e. The number of furan rings is 1. The number of pyridine rings is 1. The summed E-state index contributed by atoms with van der Waals surface area (Å²) in [7, 11) is -2.03. The van der Waals surface area contributed by atoms with Crippen molar-refractivity contribution in [3.05, 3.63) is 65.8 Å². The highest BCUT2D eigenvalue weighted by atomic mass is 32.2. The van der Waals surface area contributed by atoms with E-state index >= 15 is 0 Å². The Hall–Kier alpha value is -3.57. The smallest absolute Gasteiger partial charge is 0.254 e. The zero-order valence-corrected chi connectivity index (χ0v) is 20.1. The number of benzene rings is 1. The molecule has 1 fully saturated rings. The third kappa shape index (κ3) is 4.21. The Morgan fingerprint density at radius 3 is 2.57 bits per heavy atom. The quantitative estimate of drug-likeness (QED) is 0.429. The predicted molar refractivity (Wildman–Crippen MR) is 127 cm³/mol. The number of fused-ring (bicyclic) bond motifs is 1. The van der Waals surface area contributed by atoms with Crippen molar-refractivity contribution in [3.63, 3.8) is 0 Å². The van der Waals surface area contributed by atoms with E-state index in [4.69, 9.17) is 4.42 Å². The SMILES string of the molecule is Cc1nn(C)c2nc(-c3ccco3)cc(C(=O)N3CCCN(S(=O)(=O)c4ccc(F)cc4)CC3)c12. The van der Waals surface area contributed by atoms with Crippen LogP contribution in [0.3, 0.4) is 0 Å². The van der Waals surface area contributed by atoms with Gasteiger partial charge in [0.1, 0.15) is 11.5 Å². The van der Waals surface area contributed by atoms with Crippen molar-refractivity contribution in [1.29, 1.82) is 0 Å². The molecule has 0 bridgehead atoms. The number of rotatable bonds is 4. The van der Waals surface area contributed by atoms with Crippen molar-refractivity contribution < 1.29 is 22.0 Å². The maximum Gasteiger partial charge on any atom is 0.254 e. The number of carbonyl (C=O) groups is 1. The van der Waals surface area contributed by atoms with Gasteiger partial charge in [-0.05, 0) is 55.8 Å². The normalized spacial score (nSPS) is 15.5. The summed E-state index contributed by atoms with van der Waals surface area (Å²) < 4.78 is 47.9. The van der Waals surface area contributed by atoms with Crippen LogP contribution in [0.15, 0.2) is 58.0 Å². The molecule has 11 heteroatoms. The summed E-state index contributed by atoms with van der Waals surface area (Å²) in [4.78, 5) is 20.1. The predicted octanol–water partition coefficient (Wildman–Crippen LogP) is 3.21. The Labute approximate surface area is 201 Å². The van der Waals surface area contributed by atoms with Crippen LogP contribution < -0.4 is 0 Å². The monoisotopic (exact) mass is 497 g/mol. The summed E-state index contributed by atoms with van der Waals surface area (Å²) in [6, 6.07) is 10.00. The van der Waals surface area contributed by atoms with Crippen LogP contribution >= 0.6 is 0 Å². The van der Waals surface area contributed by atoms with Crippen LogP contribution in [0.5, 0.6) is 0 Å². The molecule has 0 spiro atoms. The highest BCUT2D eigenvalue weighted by Crippen LogP contribution is 2.28. The lowest BCUT2D eigenvalue weighted by molar-refractivity contribution is 0.0766. The van der Waals surface area contributed by atoms with E-state index < -0.39 is 15.8 Å². The zero-order chi connectivity index (χ0) is 24.7. The van der Waals surface area contributed by atoms with Gasteiger partial charge in [-0.2, -0.15) is 9.40 Å². The van der Waals surface area contributed by atoms with E-state index in [1.54, 1.807) is 41.1 Å². The Kier molecular flexibility index (Phi) is 5.89. The van der Waals surface area contributed by atoms with Crippen molar-refractivity contribution in [2.75, 3.05) is 26.2 Å². The van der Waals surface area contributed by atoms with Gasteiger partial charge in [-0.15, -0.1) is 0 Å². The first-order valence-electron chi connectivity index (χ1n) is 11.2. The standard InChI is InChI=1S/C24H24FN5O4S/c1-16-22-19(15-20(21-5-3-14-34-21)26-23(22)28(2)27-16)24(31)29-10-4-11-30(13-12-29)35(32,33)18-8-6-17(25)7-9-18/h3,5-9,14-15H,4,10-13H2,1-2H3. The molecule has 1 aliphatic heterocycles. The second kappa shape index (κ2) is 8.90. The lowest BCUT2D eigenvalue weighted by Gasteiger charge is -2.22. The van der Waals surface area contributed by atoms with Gasteiger partial charge in [0.2, 0.25) is 10.0 Å². The first-order chi connectivity index (χ1) is 16.8. The van der Waals surface area contributed by atoms with Gasteiger partial charge in [0, 0.05) is 33.2 Å². The van der Waals surface area contributed by atoms with Crippen LogP contribution in [-0.2, 0) is 17.1 Å². The molecule has 5 rings (SSSR count). The van der Waals surface area contributed by atoms with Crippen LogP contribution in [0, 0.1) is 12.7 Å². The Morgan fingerprint density at radius 1 is 1.09 bits per heavy atom. The molecule has 0 saturated carbocycles. The van der Waals surface area contributed by atoms with Crippen molar-refractivity contribution >= 4 is 27.0 Å². The molecule has 1 amide bonds. The molecule has 4 heterocycles. The van der Waals surface area contributed by atoms with E-state index in [9.17, 15) is 17.6 Å². The molecule has 1 saturated heterocycles. The molecule has 0 unspecified atom stereocenters. The van der Waals surface area contributed by atoms with Gasteiger partial charge in [0.25, 0.3) is 5.91 Å². The average molecular weight is 498 g/mol. The van der Waals surface area contributed by atoms with Crippen LogP contribution in [0.4, 0.5) is 4.39 Å². The fourth-order valence-corrected chi connectivity index (χ4v) is 5.90. The number of hydrogen-bond donors (Lipinski definition) is 0. The summed E-state index contributed by atoms with van der Waals surface area (Å²) in [5, 5.41) is 5.10. The average Bonchev–Trinajstić information content (AvgIpc) is 3.39.